The van der Waals surface area contributed by atoms with Gasteiger partial charge >= 0.3 is 0 Å². The number of methoxy groups -OCH3 is 1. The molecule has 1 saturated carbocycles. The lowest BCUT2D eigenvalue weighted by Crippen LogP contribution is -2.06. The van der Waals surface area contributed by atoms with Crippen molar-refractivity contribution in [3.05, 3.63) is 23.8 Å². The number of hydrogen-bond donors (Lipinski definition) is 1. The molecule has 2 rings (SSSR count). The highest BCUT2D eigenvalue weighted by Gasteiger charge is 2.24. The first-order chi connectivity index (χ1) is 7.33. The Morgan fingerprint density at radius 2 is 2.13 bits per heavy atom. The monoisotopic (exact) mass is 207 g/mol. The molecule has 0 spiro atoms. The van der Waals surface area contributed by atoms with Gasteiger partial charge in [0, 0.05) is 6.54 Å². The molecule has 82 valence electrons. The molecule has 15 heavy (non-hydrogen) atoms. The summed E-state index contributed by atoms with van der Waals surface area (Å²) in [5.74, 6) is 1.69. The third-order valence-corrected chi connectivity index (χ3v) is 2.43. The predicted octanol–water partition coefficient (Wildman–Crippen LogP) is 1.96. The molecule has 0 atom stereocenters. The van der Waals surface area contributed by atoms with E-state index < -0.39 is 0 Å². The first kappa shape index (κ1) is 10.3. The second-order valence-corrected chi connectivity index (χ2v) is 3.83. The van der Waals surface area contributed by atoms with Crippen molar-refractivity contribution in [3.63, 3.8) is 0 Å². The summed E-state index contributed by atoms with van der Waals surface area (Å²) in [7, 11) is 3.61. The maximum absolute atomic E-state index is 5.78. The Morgan fingerprint density at radius 3 is 2.73 bits per heavy atom. The number of rotatable bonds is 5. The summed E-state index contributed by atoms with van der Waals surface area (Å²) in [6.07, 6.45) is 2.74. The molecule has 0 bridgehead atoms. The van der Waals surface area contributed by atoms with Crippen molar-refractivity contribution >= 4 is 0 Å². The Balaban J connectivity index is 2.16. The second-order valence-electron chi connectivity index (χ2n) is 3.83. The second kappa shape index (κ2) is 4.53. The van der Waals surface area contributed by atoms with Gasteiger partial charge in [-0.15, -0.1) is 0 Å². The largest absolute Gasteiger partial charge is 0.493 e. The number of hydrogen-bond acceptors (Lipinski definition) is 3. The standard InChI is InChI=1S/C12H17NO2/c1-13-8-9-3-6-11(14-2)12(7-9)15-10-4-5-10/h3,6-7,10,13H,4-5,8H2,1-2H3. The lowest BCUT2D eigenvalue weighted by molar-refractivity contribution is 0.282. The van der Waals surface area contributed by atoms with Crippen molar-refractivity contribution in [2.75, 3.05) is 14.2 Å². The maximum Gasteiger partial charge on any atom is 0.161 e. The van der Waals surface area contributed by atoms with Gasteiger partial charge in [-0.1, -0.05) is 6.07 Å². The maximum atomic E-state index is 5.78. The van der Waals surface area contributed by atoms with Gasteiger partial charge in [0.1, 0.15) is 0 Å². The molecule has 3 heteroatoms. The van der Waals surface area contributed by atoms with Crippen LogP contribution in [0.2, 0.25) is 0 Å². The molecular weight excluding hydrogens is 190 g/mol. The van der Waals surface area contributed by atoms with Gasteiger partial charge in [0.25, 0.3) is 0 Å². The van der Waals surface area contributed by atoms with E-state index in [1.165, 1.54) is 18.4 Å². The molecule has 1 aromatic carbocycles. The highest BCUT2D eigenvalue weighted by molar-refractivity contribution is 5.43. The van der Waals surface area contributed by atoms with Crippen molar-refractivity contribution in [1.82, 2.24) is 5.32 Å². The van der Waals surface area contributed by atoms with E-state index in [2.05, 4.69) is 11.4 Å². The molecule has 0 heterocycles. The van der Waals surface area contributed by atoms with E-state index in [1.54, 1.807) is 7.11 Å². The fourth-order valence-corrected chi connectivity index (χ4v) is 1.49. The van der Waals surface area contributed by atoms with Gasteiger partial charge in [-0.2, -0.15) is 0 Å². The molecule has 1 aromatic rings. The zero-order valence-corrected chi connectivity index (χ0v) is 9.25. The zero-order valence-electron chi connectivity index (χ0n) is 9.25. The third-order valence-electron chi connectivity index (χ3n) is 2.43. The molecule has 0 unspecified atom stereocenters. The molecule has 1 aliphatic carbocycles. The van der Waals surface area contributed by atoms with Gasteiger partial charge in [-0.05, 0) is 37.6 Å². The molecule has 0 radical (unpaired) electrons. The van der Waals surface area contributed by atoms with Crippen molar-refractivity contribution in [2.24, 2.45) is 0 Å². The lowest BCUT2D eigenvalue weighted by Gasteiger charge is -2.11. The van der Waals surface area contributed by atoms with E-state index in [-0.39, 0.29) is 0 Å². The van der Waals surface area contributed by atoms with Crippen molar-refractivity contribution in [3.8, 4) is 11.5 Å². The Hall–Kier alpha value is -1.22. The van der Waals surface area contributed by atoms with Gasteiger partial charge < -0.3 is 14.8 Å². The van der Waals surface area contributed by atoms with Crippen molar-refractivity contribution in [2.45, 2.75) is 25.5 Å². The summed E-state index contributed by atoms with van der Waals surface area (Å²) >= 11 is 0. The van der Waals surface area contributed by atoms with Gasteiger partial charge in [0.05, 0.1) is 13.2 Å². The van der Waals surface area contributed by atoms with Gasteiger partial charge in [-0.25, -0.2) is 0 Å². The summed E-state index contributed by atoms with van der Waals surface area (Å²) in [6.45, 7) is 0.852. The van der Waals surface area contributed by atoms with Crippen molar-refractivity contribution < 1.29 is 9.47 Å². The van der Waals surface area contributed by atoms with Crippen LogP contribution < -0.4 is 14.8 Å². The number of ether oxygens (including phenoxy) is 2. The number of benzene rings is 1. The molecular formula is C12H17NO2. The third kappa shape index (κ3) is 2.63. The molecule has 0 aromatic heterocycles. The summed E-state index contributed by atoms with van der Waals surface area (Å²) in [4.78, 5) is 0. The summed E-state index contributed by atoms with van der Waals surface area (Å²) < 4.78 is 11.0. The summed E-state index contributed by atoms with van der Waals surface area (Å²) in [6, 6.07) is 6.06. The lowest BCUT2D eigenvalue weighted by atomic mass is 10.2. The average molecular weight is 207 g/mol. The predicted molar refractivity (Wildman–Crippen MR) is 59.4 cm³/mol. The minimum atomic E-state index is 0.406. The summed E-state index contributed by atoms with van der Waals surface area (Å²) in [5, 5.41) is 3.12. The molecule has 0 saturated heterocycles. The fourth-order valence-electron chi connectivity index (χ4n) is 1.49. The average Bonchev–Trinajstić information content (AvgIpc) is 3.03. The first-order valence-electron chi connectivity index (χ1n) is 5.31. The van der Waals surface area contributed by atoms with Crippen LogP contribution in [0.3, 0.4) is 0 Å². The minimum Gasteiger partial charge on any atom is -0.493 e. The molecule has 1 fully saturated rings. The van der Waals surface area contributed by atoms with Gasteiger partial charge in [0.15, 0.2) is 11.5 Å². The SMILES string of the molecule is CNCc1ccc(OC)c(OC2CC2)c1. The van der Waals surface area contributed by atoms with Crippen LogP contribution in [0.25, 0.3) is 0 Å². The Morgan fingerprint density at radius 1 is 1.33 bits per heavy atom. The number of nitrogens with one attached hydrogen (secondary N) is 1. The van der Waals surface area contributed by atoms with Crippen LogP contribution in [0.15, 0.2) is 18.2 Å². The van der Waals surface area contributed by atoms with Crippen molar-refractivity contribution in [1.29, 1.82) is 0 Å². The van der Waals surface area contributed by atoms with E-state index in [1.807, 2.05) is 19.2 Å². The van der Waals surface area contributed by atoms with Crippen LogP contribution >= 0.6 is 0 Å². The molecule has 1 aliphatic rings. The van der Waals surface area contributed by atoms with Gasteiger partial charge in [0.2, 0.25) is 0 Å². The fraction of sp³-hybridized carbons (Fsp3) is 0.500. The quantitative estimate of drug-likeness (QED) is 0.800. The first-order valence-corrected chi connectivity index (χ1v) is 5.31. The normalized spacial score (nSPS) is 15.1. The highest BCUT2D eigenvalue weighted by Crippen LogP contribution is 2.34. The highest BCUT2D eigenvalue weighted by atomic mass is 16.5. The van der Waals surface area contributed by atoms with Crippen LogP contribution in [-0.4, -0.2) is 20.3 Å². The van der Waals surface area contributed by atoms with Gasteiger partial charge in [-0.3, -0.25) is 0 Å². The zero-order chi connectivity index (χ0) is 10.7. The smallest absolute Gasteiger partial charge is 0.161 e. The Labute approximate surface area is 90.4 Å². The molecule has 3 nitrogen and oxygen atoms in total. The topological polar surface area (TPSA) is 30.5 Å². The van der Waals surface area contributed by atoms with Crippen LogP contribution in [0, 0.1) is 0 Å². The van der Waals surface area contributed by atoms with Crippen LogP contribution in [0.4, 0.5) is 0 Å². The van der Waals surface area contributed by atoms with E-state index in [4.69, 9.17) is 9.47 Å². The van der Waals surface area contributed by atoms with Crippen LogP contribution in [-0.2, 0) is 6.54 Å². The molecule has 0 aliphatic heterocycles. The van der Waals surface area contributed by atoms with Crippen LogP contribution in [0.5, 0.6) is 11.5 Å². The Bertz CT molecular complexity index is 334. The van der Waals surface area contributed by atoms with E-state index >= 15 is 0 Å². The molecule has 1 N–H and O–H groups in total. The Kier molecular flexibility index (Phi) is 3.11. The van der Waals surface area contributed by atoms with Crippen LogP contribution in [0.1, 0.15) is 18.4 Å². The van der Waals surface area contributed by atoms with E-state index in [9.17, 15) is 0 Å². The van der Waals surface area contributed by atoms with E-state index in [0.717, 1.165) is 18.0 Å². The minimum absolute atomic E-state index is 0.406. The summed E-state index contributed by atoms with van der Waals surface area (Å²) in [5.41, 5.74) is 1.22. The van der Waals surface area contributed by atoms with E-state index in [0.29, 0.717) is 6.10 Å². The molecule has 0 amide bonds.